The molecule has 1 aliphatic heterocycles. The zero-order valence-electron chi connectivity index (χ0n) is 21.8. The molecule has 6 heteroatoms. The van der Waals surface area contributed by atoms with E-state index in [1.54, 1.807) is 9.58 Å². The van der Waals surface area contributed by atoms with Crippen LogP contribution >= 0.6 is 0 Å². The van der Waals surface area contributed by atoms with E-state index in [2.05, 4.69) is 36.5 Å². The van der Waals surface area contributed by atoms with Crippen molar-refractivity contribution in [3.05, 3.63) is 70.9 Å². The highest BCUT2D eigenvalue weighted by Gasteiger charge is 2.49. The molecule has 2 aromatic carbocycles. The number of fused-ring (bicyclic) bond motifs is 1. The summed E-state index contributed by atoms with van der Waals surface area (Å²) < 4.78 is 1.73. The molecule has 2 aliphatic rings. The fourth-order valence-corrected chi connectivity index (χ4v) is 5.56. The minimum Gasteiger partial charge on any atom is -0.351 e. The molecule has 2 heterocycles. The van der Waals surface area contributed by atoms with Crippen LogP contribution in [0.2, 0.25) is 0 Å². The van der Waals surface area contributed by atoms with Crippen molar-refractivity contribution in [2.45, 2.75) is 84.3 Å². The maximum atomic E-state index is 14.1. The standard InChI is InChI=1S/C30H36N4O2/c1-5-22-13-15-23(16-14-22)25-18-27-28(35)34(26-17-20(2)11-12-21(26)3)30(4,19-33(27)32-25)29(36)31-24-9-7-6-8-10-24/h11-18,24H,5-10,19H2,1-4H3,(H,31,36). The largest absolute Gasteiger partial charge is 0.351 e. The number of nitrogens with one attached hydrogen (secondary N) is 1. The Bertz CT molecular complexity index is 1290. The minimum atomic E-state index is -1.10. The van der Waals surface area contributed by atoms with Crippen LogP contribution in [0.5, 0.6) is 0 Å². The third-order valence-electron chi connectivity index (χ3n) is 7.85. The lowest BCUT2D eigenvalue weighted by Crippen LogP contribution is -2.65. The summed E-state index contributed by atoms with van der Waals surface area (Å²) in [6.45, 7) is 8.32. The molecule has 1 saturated carbocycles. The summed E-state index contributed by atoms with van der Waals surface area (Å²) in [6, 6.07) is 16.4. The summed E-state index contributed by atoms with van der Waals surface area (Å²) in [5.41, 5.74) is 5.17. The lowest BCUT2D eigenvalue weighted by Gasteiger charge is -2.44. The Balaban J connectivity index is 1.57. The highest BCUT2D eigenvalue weighted by molar-refractivity contribution is 6.12. The number of anilines is 1. The smallest absolute Gasteiger partial charge is 0.277 e. The average molecular weight is 485 g/mol. The number of aromatic nitrogens is 2. The number of benzene rings is 2. The second-order valence-electron chi connectivity index (χ2n) is 10.6. The molecule has 6 nitrogen and oxygen atoms in total. The van der Waals surface area contributed by atoms with Crippen LogP contribution in [0, 0.1) is 13.8 Å². The van der Waals surface area contributed by atoms with Gasteiger partial charge in [-0.1, -0.05) is 62.6 Å². The van der Waals surface area contributed by atoms with Crippen molar-refractivity contribution in [2.75, 3.05) is 4.90 Å². The van der Waals surface area contributed by atoms with Gasteiger partial charge in [0.15, 0.2) is 0 Å². The molecular weight excluding hydrogens is 448 g/mol. The Morgan fingerprint density at radius 2 is 1.78 bits per heavy atom. The molecular formula is C30H36N4O2. The highest BCUT2D eigenvalue weighted by Crippen LogP contribution is 2.36. The third-order valence-corrected chi connectivity index (χ3v) is 7.85. The lowest BCUT2D eigenvalue weighted by atomic mass is 9.90. The van der Waals surface area contributed by atoms with E-state index < -0.39 is 5.54 Å². The van der Waals surface area contributed by atoms with Crippen molar-refractivity contribution in [2.24, 2.45) is 0 Å². The fourth-order valence-electron chi connectivity index (χ4n) is 5.56. The maximum absolute atomic E-state index is 14.1. The topological polar surface area (TPSA) is 67.2 Å². The van der Waals surface area contributed by atoms with Gasteiger partial charge in [-0.2, -0.15) is 5.10 Å². The van der Waals surface area contributed by atoms with Crippen molar-refractivity contribution in [3.63, 3.8) is 0 Å². The molecule has 1 fully saturated rings. The van der Waals surface area contributed by atoms with E-state index in [-0.39, 0.29) is 17.9 Å². The molecule has 1 atom stereocenters. The SMILES string of the molecule is CCc1ccc(-c2cc3n(n2)CC(C)(C(=O)NC2CCCCC2)N(c2cc(C)ccc2C)C3=O)cc1. The molecule has 0 radical (unpaired) electrons. The van der Waals surface area contributed by atoms with Crippen LogP contribution in [0.3, 0.4) is 0 Å². The Labute approximate surface area is 213 Å². The maximum Gasteiger partial charge on any atom is 0.277 e. The normalized spacial score (nSPS) is 20.3. The monoisotopic (exact) mass is 484 g/mol. The Kier molecular flexibility index (Phi) is 6.45. The molecule has 36 heavy (non-hydrogen) atoms. The van der Waals surface area contributed by atoms with Crippen LogP contribution in [-0.2, 0) is 17.8 Å². The molecule has 5 rings (SSSR count). The van der Waals surface area contributed by atoms with E-state index in [9.17, 15) is 9.59 Å². The Morgan fingerprint density at radius 3 is 2.47 bits per heavy atom. The van der Waals surface area contributed by atoms with Crippen LogP contribution in [-0.4, -0.2) is 33.2 Å². The predicted molar refractivity (Wildman–Crippen MR) is 143 cm³/mol. The van der Waals surface area contributed by atoms with E-state index in [0.717, 1.165) is 60.2 Å². The van der Waals surface area contributed by atoms with Crippen LogP contribution in [0.25, 0.3) is 11.3 Å². The van der Waals surface area contributed by atoms with Gasteiger partial charge in [-0.05, 0) is 68.9 Å². The predicted octanol–water partition coefficient (Wildman–Crippen LogP) is 5.60. The van der Waals surface area contributed by atoms with Gasteiger partial charge in [0.1, 0.15) is 11.2 Å². The number of carbonyl (C=O) groups excluding carboxylic acids is 2. The van der Waals surface area contributed by atoms with Crippen LogP contribution < -0.4 is 10.2 Å². The first kappa shape index (κ1) is 24.3. The average Bonchev–Trinajstić information content (AvgIpc) is 3.31. The van der Waals surface area contributed by atoms with E-state index in [0.29, 0.717) is 12.2 Å². The van der Waals surface area contributed by atoms with Gasteiger partial charge >= 0.3 is 0 Å². The third kappa shape index (κ3) is 4.34. The van der Waals surface area contributed by atoms with Crippen molar-refractivity contribution < 1.29 is 9.59 Å². The minimum absolute atomic E-state index is 0.112. The quantitative estimate of drug-likeness (QED) is 0.513. The van der Waals surface area contributed by atoms with Crippen LogP contribution in [0.1, 0.15) is 73.1 Å². The molecule has 1 unspecified atom stereocenters. The molecule has 0 spiro atoms. The summed E-state index contributed by atoms with van der Waals surface area (Å²) in [6.07, 6.45) is 6.43. The summed E-state index contributed by atoms with van der Waals surface area (Å²) in [5.74, 6) is -0.307. The summed E-state index contributed by atoms with van der Waals surface area (Å²) in [7, 11) is 0. The second-order valence-corrected chi connectivity index (χ2v) is 10.6. The fraction of sp³-hybridized carbons (Fsp3) is 0.433. The van der Waals surface area contributed by atoms with Gasteiger partial charge in [-0.15, -0.1) is 0 Å². The second kappa shape index (κ2) is 9.57. The molecule has 0 bridgehead atoms. The zero-order chi connectivity index (χ0) is 25.4. The van der Waals surface area contributed by atoms with Gasteiger partial charge in [0, 0.05) is 17.3 Å². The molecule has 2 amide bonds. The Morgan fingerprint density at radius 1 is 1.06 bits per heavy atom. The van der Waals surface area contributed by atoms with E-state index in [4.69, 9.17) is 5.10 Å². The lowest BCUT2D eigenvalue weighted by molar-refractivity contribution is -0.127. The van der Waals surface area contributed by atoms with Gasteiger partial charge in [-0.25, -0.2) is 0 Å². The molecule has 1 aromatic heterocycles. The van der Waals surface area contributed by atoms with Gasteiger partial charge in [-0.3, -0.25) is 19.2 Å². The van der Waals surface area contributed by atoms with E-state index in [1.807, 2.05) is 45.0 Å². The summed E-state index contributed by atoms with van der Waals surface area (Å²) in [4.78, 5) is 29.8. The van der Waals surface area contributed by atoms with Gasteiger partial charge in [0.25, 0.3) is 5.91 Å². The molecule has 3 aromatic rings. The number of rotatable bonds is 5. The molecule has 0 saturated heterocycles. The van der Waals surface area contributed by atoms with Crippen molar-refractivity contribution >= 4 is 17.5 Å². The van der Waals surface area contributed by atoms with Crippen molar-refractivity contribution in [1.29, 1.82) is 0 Å². The number of aryl methyl sites for hydroxylation is 3. The summed E-state index contributed by atoms with van der Waals surface area (Å²) in [5, 5.41) is 8.10. The van der Waals surface area contributed by atoms with Gasteiger partial charge in [0.05, 0.1) is 12.2 Å². The molecule has 188 valence electrons. The number of amides is 2. The van der Waals surface area contributed by atoms with Crippen molar-refractivity contribution in [1.82, 2.24) is 15.1 Å². The van der Waals surface area contributed by atoms with Crippen molar-refractivity contribution in [3.8, 4) is 11.3 Å². The number of hydrogen-bond acceptors (Lipinski definition) is 3. The number of nitrogens with zero attached hydrogens (tertiary/aromatic N) is 3. The van der Waals surface area contributed by atoms with Gasteiger partial charge in [0.2, 0.25) is 5.91 Å². The number of carbonyl (C=O) groups is 2. The molecule has 1 aliphatic carbocycles. The molecule has 1 N–H and O–H groups in total. The summed E-state index contributed by atoms with van der Waals surface area (Å²) >= 11 is 0. The van der Waals surface area contributed by atoms with Crippen LogP contribution in [0.15, 0.2) is 48.5 Å². The first-order chi connectivity index (χ1) is 17.3. The first-order valence-corrected chi connectivity index (χ1v) is 13.2. The first-order valence-electron chi connectivity index (χ1n) is 13.2. The van der Waals surface area contributed by atoms with Gasteiger partial charge < -0.3 is 5.32 Å². The highest BCUT2D eigenvalue weighted by atomic mass is 16.2. The number of hydrogen-bond donors (Lipinski definition) is 1. The van der Waals surface area contributed by atoms with E-state index in [1.165, 1.54) is 12.0 Å². The Hall–Kier alpha value is -3.41. The van der Waals surface area contributed by atoms with E-state index >= 15 is 0 Å². The zero-order valence-corrected chi connectivity index (χ0v) is 21.8. The van der Waals surface area contributed by atoms with Crippen LogP contribution in [0.4, 0.5) is 5.69 Å².